The van der Waals surface area contributed by atoms with Crippen LogP contribution in [0.2, 0.25) is 0 Å². The number of nitrogens with one attached hydrogen (secondary N) is 2. The predicted molar refractivity (Wildman–Crippen MR) is 113 cm³/mol. The third-order valence-electron chi connectivity index (χ3n) is 4.61. The normalized spacial score (nSPS) is 10.7. The molecule has 2 N–H and O–H groups in total. The highest BCUT2D eigenvalue weighted by Crippen LogP contribution is 2.20. The summed E-state index contributed by atoms with van der Waals surface area (Å²) in [4.78, 5) is 27.9. The van der Waals surface area contributed by atoms with Crippen molar-refractivity contribution in [2.24, 2.45) is 0 Å². The molecule has 3 aromatic carbocycles. The highest BCUT2D eigenvalue weighted by Gasteiger charge is 2.08. The van der Waals surface area contributed by atoms with E-state index in [1.54, 1.807) is 18.5 Å². The van der Waals surface area contributed by atoms with Gasteiger partial charge in [-0.15, -0.1) is 0 Å². The molecule has 29 heavy (non-hydrogen) atoms. The fourth-order valence-corrected chi connectivity index (χ4v) is 3.07. The van der Waals surface area contributed by atoms with Crippen molar-refractivity contribution in [3.05, 3.63) is 90.3 Å². The minimum absolute atomic E-state index is 0.0843. The number of amides is 2. The Bertz CT molecular complexity index is 1160. The van der Waals surface area contributed by atoms with Crippen molar-refractivity contribution in [1.82, 2.24) is 14.9 Å². The van der Waals surface area contributed by atoms with Crippen LogP contribution in [0.1, 0.15) is 22.8 Å². The first-order chi connectivity index (χ1) is 14.1. The summed E-state index contributed by atoms with van der Waals surface area (Å²) < 4.78 is 2.01. The largest absolute Gasteiger partial charge is 0.352 e. The third kappa shape index (κ3) is 4.16. The zero-order valence-corrected chi connectivity index (χ0v) is 15.9. The summed E-state index contributed by atoms with van der Waals surface area (Å²) in [6.07, 6.45) is 1.79. The van der Waals surface area contributed by atoms with E-state index >= 15 is 0 Å². The van der Waals surface area contributed by atoms with E-state index in [0.29, 0.717) is 17.8 Å². The summed E-state index contributed by atoms with van der Waals surface area (Å²) >= 11 is 0. The van der Waals surface area contributed by atoms with E-state index in [9.17, 15) is 9.59 Å². The molecule has 0 saturated heterocycles. The molecule has 0 aliphatic rings. The number of imidazole rings is 1. The first-order valence-corrected chi connectivity index (χ1v) is 9.27. The fraction of sp³-hybridized carbons (Fsp3) is 0.0870. The topological polar surface area (TPSA) is 76.0 Å². The lowest BCUT2D eigenvalue weighted by Gasteiger charge is -2.09. The Kier molecular flexibility index (Phi) is 5.07. The average molecular weight is 384 g/mol. The molecule has 1 aromatic heterocycles. The van der Waals surface area contributed by atoms with Gasteiger partial charge in [0.2, 0.25) is 5.91 Å². The summed E-state index contributed by atoms with van der Waals surface area (Å²) in [6, 6.07) is 22.7. The zero-order chi connectivity index (χ0) is 20.2. The molecule has 0 aliphatic carbocycles. The summed E-state index contributed by atoms with van der Waals surface area (Å²) in [6.45, 7) is 1.92. The first-order valence-electron chi connectivity index (χ1n) is 9.27. The maximum atomic E-state index is 12.5. The van der Waals surface area contributed by atoms with Crippen LogP contribution >= 0.6 is 0 Å². The molecule has 6 nitrogen and oxygen atoms in total. The van der Waals surface area contributed by atoms with Gasteiger partial charge in [0, 0.05) is 30.4 Å². The number of anilines is 1. The molecule has 0 bridgehead atoms. The molecular weight excluding hydrogens is 364 g/mol. The molecule has 0 saturated carbocycles. The summed E-state index contributed by atoms with van der Waals surface area (Å²) in [5, 5.41) is 5.64. The second-order valence-corrected chi connectivity index (χ2v) is 6.71. The van der Waals surface area contributed by atoms with Crippen molar-refractivity contribution >= 4 is 28.5 Å². The van der Waals surface area contributed by atoms with Crippen LogP contribution in [0.25, 0.3) is 16.7 Å². The fourth-order valence-electron chi connectivity index (χ4n) is 3.07. The van der Waals surface area contributed by atoms with Gasteiger partial charge in [-0.1, -0.05) is 24.3 Å². The molecule has 6 heteroatoms. The van der Waals surface area contributed by atoms with E-state index in [1.807, 2.05) is 65.2 Å². The van der Waals surface area contributed by atoms with E-state index in [2.05, 4.69) is 15.6 Å². The van der Waals surface area contributed by atoms with Gasteiger partial charge >= 0.3 is 0 Å². The van der Waals surface area contributed by atoms with Crippen LogP contribution in [0.4, 0.5) is 5.69 Å². The summed E-state index contributed by atoms with van der Waals surface area (Å²) in [5.41, 5.74) is 5.15. The zero-order valence-electron chi connectivity index (χ0n) is 15.9. The number of rotatable bonds is 5. The Morgan fingerprint density at radius 1 is 0.931 bits per heavy atom. The number of nitrogens with zero attached hydrogens (tertiary/aromatic N) is 2. The second kappa shape index (κ2) is 7.98. The number of hydrogen-bond acceptors (Lipinski definition) is 3. The van der Waals surface area contributed by atoms with Gasteiger partial charge in [-0.2, -0.15) is 0 Å². The van der Waals surface area contributed by atoms with E-state index in [4.69, 9.17) is 0 Å². The molecule has 0 unspecified atom stereocenters. The molecule has 1 heterocycles. The molecule has 4 aromatic rings. The van der Waals surface area contributed by atoms with E-state index in [-0.39, 0.29) is 11.8 Å². The molecule has 0 radical (unpaired) electrons. The number of benzene rings is 3. The number of para-hydroxylation sites is 2. The Hall–Kier alpha value is -3.93. The summed E-state index contributed by atoms with van der Waals surface area (Å²) in [5.74, 6) is -0.268. The number of aromatic nitrogens is 2. The molecule has 0 spiro atoms. The van der Waals surface area contributed by atoms with Crippen LogP contribution in [0, 0.1) is 0 Å². The highest BCUT2D eigenvalue weighted by atomic mass is 16.2. The molecule has 0 aliphatic heterocycles. The minimum Gasteiger partial charge on any atom is -0.352 e. The van der Waals surface area contributed by atoms with Crippen LogP contribution in [0.5, 0.6) is 0 Å². The molecule has 144 valence electrons. The van der Waals surface area contributed by atoms with Gasteiger partial charge in [0.25, 0.3) is 5.91 Å². The monoisotopic (exact) mass is 384 g/mol. The van der Waals surface area contributed by atoms with Crippen molar-refractivity contribution in [3.8, 4) is 5.69 Å². The van der Waals surface area contributed by atoms with Gasteiger partial charge < -0.3 is 10.6 Å². The predicted octanol–water partition coefficient (Wildman–Crippen LogP) is 3.91. The van der Waals surface area contributed by atoms with Crippen molar-refractivity contribution < 1.29 is 9.59 Å². The van der Waals surface area contributed by atoms with Gasteiger partial charge in [0.15, 0.2) is 0 Å². The van der Waals surface area contributed by atoms with Gasteiger partial charge in [-0.05, 0) is 54.1 Å². The maximum Gasteiger partial charge on any atom is 0.255 e. The molecular formula is C23H20N4O2. The van der Waals surface area contributed by atoms with Crippen molar-refractivity contribution in [1.29, 1.82) is 0 Å². The smallest absolute Gasteiger partial charge is 0.255 e. The Balaban J connectivity index is 1.44. The standard InChI is InChI=1S/C23H20N4O2/c1-16(28)24-14-17-6-8-18(9-7-17)23(29)26-19-10-12-20(13-11-19)27-15-25-21-4-2-3-5-22(21)27/h2-13,15H,14H2,1H3,(H,24,28)(H,26,29). The lowest BCUT2D eigenvalue weighted by atomic mass is 10.1. The number of hydrogen-bond donors (Lipinski definition) is 2. The van der Waals surface area contributed by atoms with Crippen LogP contribution in [0.15, 0.2) is 79.1 Å². The lowest BCUT2D eigenvalue weighted by Crippen LogP contribution is -2.19. The van der Waals surface area contributed by atoms with Crippen LogP contribution in [-0.4, -0.2) is 21.4 Å². The highest BCUT2D eigenvalue weighted by molar-refractivity contribution is 6.04. The average Bonchev–Trinajstić information content (AvgIpc) is 3.17. The SMILES string of the molecule is CC(=O)NCc1ccc(C(=O)Nc2ccc(-n3cnc4ccccc43)cc2)cc1. The molecule has 0 fully saturated rings. The first kappa shape index (κ1) is 18.4. The minimum atomic E-state index is -0.183. The molecule has 2 amide bonds. The Labute approximate surface area is 168 Å². The van der Waals surface area contributed by atoms with Gasteiger partial charge in [0.05, 0.1) is 11.0 Å². The van der Waals surface area contributed by atoms with Crippen molar-refractivity contribution in [2.45, 2.75) is 13.5 Å². The van der Waals surface area contributed by atoms with Gasteiger partial charge in [-0.3, -0.25) is 14.2 Å². The van der Waals surface area contributed by atoms with Crippen LogP contribution in [-0.2, 0) is 11.3 Å². The second-order valence-electron chi connectivity index (χ2n) is 6.71. The number of fused-ring (bicyclic) bond motifs is 1. The quantitative estimate of drug-likeness (QED) is 0.548. The third-order valence-corrected chi connectivity index (χ3v) is 4.61. The van der Waals surface area contributed by atoms with Crippen molar-refractivity contribution in [2.75, 3.05) is 5.32 Å². The van der Waals surface area contributed by atoms with Gasteiger partial charge in [-0.25, -0.2) is 4.98 Å². The van der Waals surface area contributed by atoms with Crippen LogP contribution in [0.3, 0.4) is 0 Å². The van der Waals surface area contributed by atoms with E-state index < -0.39 is 0 Å². The number of carbonyl (C=O) groups excluding carboxylic acids is 2. The van der Waals surface area contributed by atoms with Crippen molar-refractivity contribution in [3.63, 3.8) is 0 Å². The lowest BCUT2D eigenvalue weighted by molar-refractivity contribution is -0.119. The Morgan fingerprint density at radius 2 is 1.66 bits per heavy atom. The molecule has 4 rings (SSSR count). The molecule has 0 atom stereocenters. The van der Waals surface area contributed by atoms with Gasteiger partial charge in [0.1, 0.15) is 6.33 Å². The Morgan fingerprint density at radius 3 is 2.38 bits per heavy atom. The number of carbonyl (C=O) groups is 2. The maximum absolute atomic E-state index is 12.5. The summed E-state index contributed by atoms with van der Waals surface area (Å²) in [7, 11) is 0. The van der Waals surface area contributed by atoms with E-state index in [0.717, 1.165) is 22.3 Å². The van der Waals surface area contributed by atoms with E-state index in [1.165, 1.54) is 6.92 Å². The van der Waals surface area contributed by atoms with Crippen LogP contribution < -0.4 is 10.6 Å².